The Hall–Kier alpha value is -1.44. The highest BCUT2D eigenvalue weighted by Crippen LogP contribution is 2.36. The topological polar surface area (TPSA) is 92.5 Å². The van der Waals surface area contributed by atoms with E-state index in [4.69, 9.17) is 5.11 Å². The molecule has 1 aliphatic rings. The maximum atomic E-state index is 13.4. The van der Waals surface area contributed by atoms with Gasteiger partial charge in [0, 0.05) is 32.6 Å². The van der Waals surface area contributed by atoms with Gasteiger partial charge in [-0.2, -0.15) is 0 Å². The minimum absolute atomic E-state index is 0.190. The summed E-state index contributed by atoms with van der Waals surface area (Å²) in [5.41, 5.74) is 0.219. The van der Waals surface area contributed by atoms with Crippen LogP contribution >= 0.6 is 15.9 Å². The summed E-state index contributed by atoms with van der Waals surface area (Å²) in [6, 6.07) is 0. The largest absolute Gasteiger partial charge is 0.480 e. The van der Waals surface area contributed by atoms with E-state index in [1.807, 2.05) is 0 Å². The molecular weight excluding hydrogens is 287 g/mol. The van der Waals surface area contributed by atoms with Crippen LogP contribution in [-0.2, 0) is 4.79 Å². The molecule has 0 aromatic heterocycles. The molecule has 0 aliphatic heterocycles. The maximum Gasteiger partial charge on any atom is 0.328 e. The zero-order valence-electron chi connectivity index (χ0n) is 7.94. The van der Waals surface area contributed by atoms with Gasteiger partial charge in [0.05, 0.1) is 6.42 Å². The number of nitrogens with one attached hydrogen (secondary N) is 1. The average Bonchev–Trinajstić information content (AvgIpc) is 2.19. The average molecular weight is 295 g/mol. The zero-order chi connectivity index (χ0) is 12.3. The van der Waals surface area contributed by atoms with E-state index in [0.717, 1.165) is 6.08 Å². The Balaban J connectivity index is 2.75. The van der Waals surface area contributed by atoms with Crippen molar-refractivity contribution in [2.24, 2.45) is 0 Å². The molecule has 1 unspecified atom stereocenters. The summed E-state index contributed by atoms with van der Waals surface area (Å²) in [6.07, 6.45) is 2.08. The van der Waals surface area contributed by atoms with E-state index in [2.05, 4.69) is 21.2 Å². The van der Waals surface area contributed by atoms with Gasteiger partial charge in [-0.05, 0) is 0 Å². The Bertz CT molecular complexity index is 395. The molecular formula is C8H8BrFN2O4. The van der Waals surface area contributed by atoms with Gasteiger partial charge < -0.3 is 10.4 Å². The fraction of sp³-hybridized carbons (Fsp3) is 0.375. The second kappa shape index (κ2) is 4.60. The van der Waals surface area contributed by atoms with Crippen LogP contribution in [0.4, 0.5) is 4.39 Å². The third kappa shape index (κ3) is 2.57. The number of nitro groups is 1. The predicted octanol–water partition coefficient (Wildman–Crippen LogP) is 1.17. The van der Waals surface area contributed by atoms with Gasteiger partial charge in [0.2, 0.25) is 0 Å². The summed E-state index contributed by atoms with van der Waals surface area (Å²) >= 11 is 2.70. The van der Waals surface area contributed by atoms with Crippen molar-refractivity contribution in [1.29, 1.82) is 0 Å². The van der Waals surface area contributed by atoms with E-state index in [0.29, 0.717) is 0 Å². The lowest BCUT2D eigenvalue weighted by Gasteiger charge is -2.20. The van der Waals surface area contributed by atoms with E-state index in [9.17, 15) is 19.3 Å². The molecule has 0 saturated carbocycles. The first-order valence-electron chi connectivity index (χ1n) is 4.23. The van der Waals surface area contributed by atoms with Crippen molar-refractivity contribution in [2.75, 3.05) is 6.54 Å². The quantitative estimate of drug-likeness (QED) is 0.351. The van der Waals surface area contributed by atoms with Crippen LogP contribution in [0.3, 0.4) is 0 Å². The Morgan fingerprint density at radius 3 is 2.88 bits per heavy atom. The third-order valence-electron chi connectivity index (χ3n) is 1.97. The molecule has 88 valence electrons. The van der Waals surface area contributed by atoms with Crippen molar-refractivity contribution < 1.29 is 19.2 Å². The maximum absolute atomic E-state index is 13.4. The first-order valence-corrected chi connectivity index (χ1v) is 5.02. The number of hydrogen-bond acceptors (Lipinski definition) is 4. The molecule has 0 heterocycles. The summed E-state index contributed by atoms with van der Waals surface area (Å²) < 4.78 is 11.5. The first-order chi connectivity index (χ1) is 7.36. The number of carboxylic acid groups (broad SMARTS) is 1. The first kappa shape index (κ1) is 12.6. The van der Waals surface area contributed by atoms with Crippen LogP contribution in [0.2, 0.25) is 0 Å². The molecule has 0 amide bonds. The molecule has 1 rings (SSSR count). The number of halogens is 2. The Morgan fingerprint density at radius 2 is 2.44 bits per heavy atom. The number of hydrogen-bond donors (Lipinski definition) is 2. The van der Waals surface area contributed by atoms with Gasteiger partial charge in [-0.1, -0.05) is 6.08 Å². The number of alkyl halides is 1. The van der Waals surface area contributed by atoms with Crippen molar-refractivity contribution in [2.45, 2.75) is 10.9 Å². The van der Waals surface area contributed by atoms with Gasteiger partial charge in [0.15, 0.2) is 5.83 Å². The van der Waals surface area contributed by atoms with Crippen LogP contribution in [0.25, 0.3) is 0 Å². The Labute approximate surface area is 98.1 Å². The van der Waals surface area contributed by atoms with Crippen molar-refractivity contribution in [1.82, 2.24) is 5.32 Å². The lowest BCUT2D eigenvalue weighted by Crippen LogP contribution is -2.34. The highest BCUT2D eigenvalue weighted by atomic mass is 79.9. The lowest BCUT2D eigenvalue weighted by atomic mass is 10.1. The van der Waals surface area contributed by atoms with Crippen LogP contribution in [0, 0.1) is 10.1 Å². The number of carbonyl (C=O) groups is 1. The molecule has 0 saturated heterocycles. The third-order valence-corrected chi connectivity index (χ3v) is 2.97. The molecule has 6 nitrogen and oxygen atoms in total. The molecule has 0 radical (unpaired) electrons. The van der Waals surface area contributed by atoms with Crippen molar-refractivity contribution >= 4 is 21.9 Å². The standard InChI is InChI=1S/C8H8BrFN2O4/c9-8(12(15)16)2-1-5(3-6(8)10)11-4-7(13)14/h1,3,11H,2,4H2,(H,13,14). The number of rotatable bonds is 4. The van der Waals surface area contributed by atoms with Crippen LogP contribution in [0.15, 0.2) is 23.7 Å². The van der Waals surface area contributed by atoms with Gasteiger partial charge in [0.1, 0.15) is 6.54 Å². The molecule has 0 aromatic carbocycles. The summed E-state index contributed by atoms with van der Waals surface area (Å²) in [5.74, 6) is -2.06. The van der Waals surface area contributed by atoms with E-state index >= 15 is 0 Å². The summed E-state index contributed by atoms with van der Waals surface area (Å²) in [4.78, 5) is 20.1. The monoisotopic (exact) mass is 294 g/mol. The van der Waals surface area contributed by atoms with E-state index in [1.54, 1.807) is 0 Å². The van der Waals surface area contributed by atoms with Crippen molar-refractivity contribution in [3.05, 3.63) is 33.8 Å². The van der Waals surface area contributed by atoms with Gasteiger partial charge in [-0.15, -0.1) is 0 Å². The Morgan fingerprint density at radius 1 is 1.81 bits per heavy atom. The SMILES string of the molecule is O=C(O)CNC1=CCC(Br)([N+](=O)[O-])C(F)=C1. The lowest BCUT2D eigenvalue weighted by molar-refractivity contribution is -0.526. The fourth-order valence-corrected chi connectivity index (χ4v) is 1.39. The number of allylic oxidation sites excluding steroid dienone is 1. The van der Waals surface area contributed by atoms with Crippen LogP contribution in [0.1, 0.15) is 6.42 Å². The number of aliphatic carboxylic acids is 1. The van der Waals surface area contributed by atoms with Gasteiger partial charge in [-0.25, -0.2) is 4.39 Å². The second-order valence-electron chi connectivity index (χ2n) is 3.12. The van der Waals surface area contributed by atoms with E-state index < -0.39 is 21.2 Å². The minimum atomic E-state index is -1.93. The molecule has 8 heteroatoms. The number of carboxylic acids is 1. The number of nitrogens with zero attached hydrogens (tertiary/aromatic N) is 1. The summed E-state index contributed by atoms with van der Waals surface area (Å²) in [6.45, 7) is -0.372. The molecule has 0 bridgehead atoms. The minimum Gasteiger partial charge on any atom is -0.480 e. The predicted molar refractivity (Wildman–Crippen MR) is 56.2 cm³/mol. The molecule has 0 aromatic rings. The van der Waals surface area contributed by atoms with Crippen LogP contribution in [-0.4, -0.2) is 27.0 Å². The molecule has 0 fully saturated rings. The molecule has 16 heavy (non-hydrogen) atoms. The highest BCUT2D eigenvalue weighted by molar-refractivity contribution is 9.10. The smallest absolute Gasteiger partial charge is 0.328 e. The normalized spacial score (nSPS) is 24.4. The molecule has 1 atom stereocenters. The van der Waals surface area contributed by atoms with Crippen molar-refractivity contribution in [3.8, 4) is 0 Å². The highest BCUT2D eigenvalue weighted by Gasteiger charge is 2.46. The molecule has 0 spiro atoms. The molecule has 2 N–H and O–H groups in total. The van der Waals surface area contributed by atoms with Crippen molar-refractivity contribution in [3.63, 3.8) is 0 Å². The summed E-state index contributed by atoms with van der Waals surface area (Å²) in [5, 5.41) is 21.4. The summed E-state index contributed by atoms with van der Waals surface area (Å²) in [7, 11) is 0. The Kier molecular flexibility index (Phi) is 3.63. The van der Waals surface area contributed by atoms with Gasteiger partial charge >= 0.3 is 10.4 Å². The van der Waals surface area contributed by atoms with Crippen LogP contribution < -0.4 is 5.32 Å². The molecule has 1 aliphatic carbocycles. The van der Waals surface area contributed by atoms with Crippen LogP contribution in [0.5, 0.6) is 0 Å². The second-order valence-corrected chi connectivity index (χ2v) is 4.43. The van der Waals surface area contributed by atoms with Gasteiger partial charge in [0.25, 0.3) is 0 Å². The van der Waals surface area contributed by atoms with Gasteiger partial charge in [-0.3, -0.25) is 14.9 Å². The van der Waals surface area contributed by atoms with E-state index in [-0.39, 0.29) is 18.7 Å². The fourth-order valence-electron chi connectivity index (χ4n) is 1.11. The van der Waals surface area contributed by atoms with E-state index in [1.165, 1.54) is 6.08 Å². The zero-order valence-corrected chi connectivity index (χ0v) is 9.53.